The van der Waals surface area contributed by atoms with E-state index in [0.29, 0.717) is 0 Å². The maximum atomic E-state index is 5.27. The molecule has 0 atom stereocenters. The number of benzene rings is 9. The van der Waals surface area contributed by atoms with E-state index in [1.807, 2.05) is 0 Å². The van der Waals surface area contributed by atoms with E-state index in [2.05, 4.69) is 254 Å². The average molecular weight is 833 g/mol. The normalized spacial score (nSPS) is 12.6. The molecule has 0 unspecified atom stereocenters. The number of rotatable bonds is 8. The van der Waals surface area contributed by atoms with Crippen molar-refractivity contribution in [2.24, 2.45) is 0 Å². The zero-order chi connectivity index (χ0) is 43.5. The van der Waals surface area contributed by atoms with Gasteiger partial charge in [0.15, 0.2) is 0 Å². The molecule has 2 aromatic heterocycles. The van der Waals surface area contributed by atoms with Crippen LogP contribution in [0.1, 0.15) is 33.4 Å². The van der Waals surface area contributed by atoms with Gasteiger partial charge in [-0.1, -0.05) is 145 Å². The van der Waals surface area contributed by atoms with Gasteiger partial charge >= 0.3 is 0 Å². The third-order valence-electron chi connectivity index (χ3n) is 13.2. The Labute approximate surface area is 379 Å². The van der Waals surface area contributed by atoms with E-state index < -0.39 is 5.41 Å². The van der Waals surface area contributed by atoms with Gasteiger partial charge in [-0.3, -0.25) is 9.80 Å². The highest BCUT2D eigenvalue weighted by Gasteiger charge is 2.47. The molecule has 4 nitrogen and oxygen atoms in total. The van der Waals surface area contributed by atoms with Crippen molar-refractivity contribution in [2.75, 3.05) is 9.80 Å². The molecule has 0 spiro atoms. The van der Waals surface area contributed by atoms with E-state index >= 15 is 0 Å². The topological polar surface area (TPSA) is 32.3 Å². The molecule has 0 bridgehead atoms. The molecule has 2 heterocycles. The van der Waals surface area contributed by atoms with Gasteiger partial charge in [0.2, 0.25) is 0 Å². The van der Waals surface area contributed by atoms with E-state index in [1.165, 1.54) is 49.9 Å². The standard InChI is InChI=1S/C61H44N4/c1-41-21-28-47(29-22-41)61(48-30-23-42(2)24-31-48)55-39-46-37-51(64(49-15-5-3-6-16-49)59-35-26-43-13-9-11-19-57(43)62-59)32-25-45(46)38-54(55)53-34-33-52(40-56(53)61)65(50-17-7-4-8-18-50)60-36-27-44-14-10-12-20-58(44)63-60/h3-40H,1-2H3. The van der Waals surface area contributed by atoms with E-state index in [1.54, 1.807) is 0 Å². The minimum atomic E-state index is -0.648. The molecular weight excluding hydrogens is 789 g/mol. The van der Waals surface area contributed by atoms with E-state index in [9.17, 15) is 0 Å². The Bertz CT molecular complexity index is 3520. The fraction of sp³-hybridized carbons (Fsp3) is 0.0492. The molecule has 0 amide bonds. The van der Waals surface area contributed by atoms with Gasteiger partial charge in [0.05, 0.1) is 16.4 Å². The molecule has 0 saturated carbocycles. The predicted octanol–water partition coefficient (Wildman–Crippen LogP) is 15.9. The Morgan fingerprint density at radius 2 is 0.785 bits per heavy atom. The fourth-order valence-corrected chi connectivity index (χ4v) is 10.1. The first-order chi connectivity index (χ1) is 32.0. The smallest absolute Gasteiger partial charge is 0.138 e. The molecule has 12 rings (SSSR count). The van der Waals surface area contributed by atoms with E-state index in [0.717, 1.165) is 61.6 Å². The highest BCUT2D eigenvalue weighted by molar-refractivity contribution is 5.99. The molecule has 1 aliphatic rings. The second-order valence-corrected chi connectivity index (χ2v) is 17.2. The van der Waals surface area contributed by atoms with Crippen molar-refractivity contribution < 1.29 is 0 Å². The van der Waals surface area contributed by atoms with Crippen LogP contribution in [0.25, 0.3) is 43.7 Å². The Morgan fingerprint density at radius 1 is 0.323 bits per heavy atom. The van der Waals surface area contributed by atoms with Gasteiger partial charge in [0, 0.05) is 33.5 Å². The van der Waals surface area contributed by atoms with Gasteiger partial charge in [0.1, 0.15) is 11.6 Å². The molecule has 0 fully saturated rings. The minimum Gasteiger partial charge on any atom is -0.295 e. The summed E-state index contributed by atoms with van der Waals surface area (Å²) in [7, 11) is 0. The summed E-state index contributed by atoms with van der Waals surface area (Å²) in [5.74, 6) is 1.73. The van der Waals surface area contributed by atoms with Crippen molar-refractivity contribution in [2.45, 2.75) is 19.3 Å². The molecule has 0 N–H and O–H groups in total. The SMILES string of the molecule is Cc1ccc(C2(c3ccc(C)cc3)c3cc(N(c4ccccc4)c4ccc5ccccc5n4)ccc3-c3cc4ccc(N(c5ccccc5)c5ccc6ccccc6n5)cc4cc32)cc1. The van der Waals surface area contributed by atoms with Crippen LogP contribution >= 0.6 is 0 Å². The van der Waals surface area contributed by atoms with Crippen molar-refractivity contribution in [1.82, 2.24) is 9.97 Å². The van der Waals surface area contributed by atoms with Crippen LogP contribution in [-0.4, -0.2) is 9.97 Å². The van der Waals surface area contributed by atoms with E-state index in [4.69, 9.17) is 9.97 Å². The van der Waals surface area contributed by atoms with Gasteiger partial charge in [-0.2, -0.15) is 0 Å². The second-order valence-electron chi connectivity index (χ2n) is 17.2. The van der Waals surface area contributed by atoms with Crippen LogP contribution in [0.4, 0.5) is 34.4 Å². The van der Waals surface area contributed by atoms with E-state index in [-0.39, 0.29) is 0 Å². The molecule has 65 heavy (non-hydrogen) atoms. The summed E-state index contributed by atoms with van der Waals surface area (Å²) in [6.45, 7) is 4.34. The summed E-state index contributed by atoms with van der Waals surface area (Å²) in [4.78, 5) is 15.0. The second kappa shape index (κ2) is 15.5. The van der Waals surface area contributed by atoms with Crippen molar-refractivity contribution in [3.8, 4) is 11.1 Å². The molecule has 0 radical (unpaired) electrons. The number of para-hydroxylation sites is 4. The van der Waals surface area contributed by atoms with Gasteiger partial charge in [-0.05, 0) is 155 Å². The highest BCUT2D eigenvalue weighted by atomic mass is 15.2. The zero-order valence-electron chi connectivity index (χ0n) is 36.2. The summed E-state index contributed by atoms with van der Waals surface area (Å²) in [6.07, 6.45) is 0. The molecule has 1 aliphatic carbocycles. The third-order valence-corrected chi connectivity index (χ3v) is 13.2. The summed E-state index contributed by atoms with van der Waals surface area (Å²) >= 11 is 0. The Kier molecular flexibility index (Phi) is 9.13. The van der Waals surface area contributed by atoms with Gasteiger partial charge in [-0.25, -0.2) is 9.97 Å². The Balaban J connectivity index is 1.11. The maximum absolute atomic E-state index is 5.27. The lowest BCUT2D eigenvalue weighted by atomic mass is 9.67. The van der Waals surface area contributed by atoms with Crippen LogP contribution in [0.5, 0.6) is 0 Å². The van der Waals surface area contributed by atoms with Crippen molar-refractivity contribution in [1.29, 1.82) is 0 Å². The van der Waals surface area contributed by atoms with Gasteiger partial charge in [-0.15, -0.1) is 0 Å². The predicted molar refractivity (Wildman–Crippen MR) is 271 cm³/mol. The number of anilines is 6. The lowest BCUT2D eigenvalue weighted by Gasteiger charge is -2.35. The Hall–Kier alpha value is -8.34. The van der Waals surface area contributed by atoms with Crippen molar-refractivity contribution in [3.63, 3.8) is 0 Å². The number of aryl methyl sites for hydroxylation is 2. The quantitative estimate of drug-likeness (QED) is 0.153. The van der Waals surface area contributed by atoms with Crippen LogP contribution in [-0.2, 0) is 5.41 Å². The molecular formula is C61H44N4. The summed E-state index contributed by atoms with van der Waals surface area (Å²) < 4.78 is 0. The van der Waals surface area contributed by atoms with Crippen LogP contribution < -0.4 is 9.80 Å². The fourth-order valence-electron chi connectivity index (χ4n) is 10.1. The van der Waals surface area contributed by atoms with Crippen LogP contribution in [0, 0.1) is 13.8 Å². The number of fused-ring (bicyclic) bond motifs is 6. The van der Waals surface area contributed by atoms with Crippen molar-refractivity contribution >= 4 is 67.0 Å². The molecule has 0 aliphatic heterocycles. The first kappa shape index (κ1) is 38.3. The van der Waals surface area contributed by atoms with Crippen LogP contribution in [0.3, 0.4) is 0 Å². The zero-order valence-corrected chi connectivity index (χ0v) is 36.2. The Morgan fingerprint density at radius 3 is 1.34 bits per heavy atom. The average Bonchev–Trinajstić information content (AvgIpc) is 3.63. The minimum absolute atomic E-state index is 0.648. The number of nitrogens with zero attached hydrogens (tertiary/aromatic N) is 4. The monoisotopic (exact) mass is 832 g/mol. The molecule has 0 saturated heterocycles. The molecule has 11 aromatic rings. The summed E-state index contributed by atoms with van der Waals surface area (Å²) in [5.41, 5.74) is 15.3. The first-order valence-corrected chi connectivity index (χ1v) is 22.3. The summed E-state index contributed by atoms with van der Waals surface area (Å²) in [6, 6.07) is 83.6. The maximum Gasteiger partial charge on any atom is 0.138 e. The largest absolute Gasteiger partial charge is 0.295 e. The lowest BCUT2D eigenvalue weighted by molar-refractivity contribution is 0.768. The lowest BCUT2D eigenvalue weighted by Crippen LogP contribution is -2.29. The third kappa shape index (κ3) is 6.45. The number of pyridine rings is 2. The molecule has 308 valence electrons. The van der Waals surface area contributed by atoms with Crippen LogP contribution in [0.2, 0.25) is 0 Å². The number of hydrogen-bond donors (Lipinski definition) is 0. The highest BCUT2D eigenvalue weighted by Crippen LogP contribution is 2.58. The molecule has 4 heteroatoms. The molecule has 9 aromatic carbocycles. The van der Waals surface area contributed by atoms with Gasteiger partial charge in [0.25, 0.3) is 0 Å². The summed E-state index contributed by atoms with van der Waals surface area (Å²) in [5, 5.41) is 4.56. The van der Waals surface area contributed by atoms with Crippen LogP contribution in [0.15, 0.2) is 231 Å². The van der Waals surface area contributed by atoms with Gasteiger partial charge < -0.3 is 0 Å². The first-order valence-electron chi connectivity index (χ1n) is 22.3. The van der Waals surface area contributed by atoms with Crippen molar-refractivity contribution in [3.05, 3.63) is 264 Å². The number of hydrogen-bond acceptors (Lipinski definition) is 4. The number of aromatic nitrogens is 2.